The first-order chi connectivity index (χ1) is 4.18. The van der Waals surface area contributed by atoms with Crippen molar-refractivity contribution in [1.82, 2.24) is 0 Å². The summed E-state index contributed by atoms with van der Waals surface area (Å²) in [6, 6.07) is 0.259. The van der Waals surface area contributed by atoms with E-state index in [-0.39, 0.29) is 30.5 Å². The summed E-state index contributed by atoms with van der Waals surface area (Å²) in [6.45, 7) is 1.42. The van der Waals surface area contributed by atoms with E-state index in [1.807, 2.05) is 0 Å². The number of nitrogens with two attached hydrogens (primary N) is 1. The van der Waals surface area contributed by atoms with Crippen LogP contribution in [0.25, 0.3) is 0 Å². The first kappa shape index (κ1) is 9.72. The molecule has 0 aliphatic heterocycles. The molecule has 1 aliphatic rings. The number of carbonyl (C=O) groups is 1. The van der Waals surface area contributed by atoms with Crippen LogP contribution < -0.4 is 5.73 Å². The van der Waals surface area contributed by atoms with Gasteiger partial charge in [-0.25, -0.2) is 0 Å². The Balaban J connectivity index is 0.000000810. The van der Waals surface area contributed by atoms with Gasteiger partial charge < -0.3 is 10.5 Å². The summed E-state index contributed by atoms with van der Waals surface area (Å²) in [7, 11) is 0. The molecule has 0 saturated heterocycles. The quantitative estimate of drug-likeness (QED) is 0.575. The molecule has 1 aliphatic carbocycles. The SMILES string of the molecule is CC(=O)OC1CC(N)C1.Cl. The van der Waals surface area contributed by atoms with E-state index < -0.39 is 0 Å². The topological polar surface area (TPSA) is 52.3 Å². The number of rotatable bonds is 1. The lowest BCUT2D eigenvalue weighted by atomic mass is 9.90. The first-order valence-electron chi connectivity index (χ1n) is 3.11. The lowest BCUT2D eigenvalue weighted by molar-refractivity contribution is -0.150. The number of hydrogen-bond acceptors (Lipinski definition) is 3. The zero-order valence-electron chi connectivity index (χ0n) is 5.87. The molecule has 0 heterocycles. The van der Waals surface area contributed by atoms with Crippen LogP contribution in [0.4, 0.5) is 0 Å². The fraction of sp³-hybridized carbons (Fsp3) is 0.833. The molecule has 3 nitrogen and oxygen atoms in total. The highest BCUT2D eigenvalue weighted by Gasteiger charge is 2.27. The van der Waals surface area contributed by atoms with Gasteiger partial charge in [-0.15, -0.1) is 12.4 Å². The molecule has 4 heteroatoms. The van der Waals surface area contributed by atoms with Crippen LogP contribution in [0.2, 0.25) is 0 Å². The highest BCUT2D eigenvalue weighted by atomic mass is 35.5. The van der Waals surface area contributed by atoms with Gasteiger partial charge in [-0.05, 0) is 12.8 Å². The second kappa shape index (κ2) is 3.78. The molecule has 0 aromatic heterocycles. The van der Waals surface area contributed by atoms with Crippen LogP contribution in [0.5, 0.6) is 0 Å². The summed E-state index contributed by atoms with van der Waals surface area (Å²) in [5, 5.41) is 0. The van der Waals surface area contributed by atoms with Crippen molar-refractivity contribution in [3.8, 4) is 0 Å². The van der Waals surface area contributed by atoms with Crippen molar-refractivity contribution in [2.75, 3.05) is 0 Å². The Bertz CT molecular complexity index is 123. The maximum absolute atomic E-state index is 10.3. The van der Waals surface area contributed by atoms with Crippen molar-refractivity contribution in [2.24, 2.45) is 5.73 Å². The zero-order valence-corrected chi connectivity index (χ0v) is 6.69. The molecule has 0 bridgehead atoms. The minimum Gasteiger partial charge on any atom is -0.462 e. The summed E-state index contributed by atoms with van der Waals surface area (Å²) in [4.78, 5) is 10.3. The van der Waals surface area contributed by atoms with Gasteiger partial charge in [0.25, 0.3) is 0 Å². The monoisotopic (exact) mass is 165 g/mol. The van der Waals surface area contributed by atoms with E-state index in [2.05, 4.69) is 0 Å². The highest BCUT2D eigenvalue weighted by molar-refractivity contribution is 5.85. The molecule has 1 saturated carbocycles. The number of hydrogen-bond donors (Lipinski definition) is 1. The fourth-order valence-corrected chi connectivity index (χ4v) is 0.937. The zero-order chi connectivity index (χ0) is 6.85. The van der Waals surface area contributed by atoms with E-state index >= 15 is 0 Å². The van der Waals surface area contributed by atoms with E-state index in [0.717, 1.165) is 12.8 Å². The van der Waals surface area contributed by atoms with Crippen molar-refractivity contribution in [2.45, 2.75) is 31.9 Å². The predicted octanol–water partition coefficient (Wildman–Crippen LogP) is 0.461. The number of carbonyl (C=O) groups excluding carboxylic acids is 1. The second-order valence-corrected chi connectivity index (χ2v) is 2.46. The van der Waals surface area contributed by atoms with Crippen LogP contribution in [0, 0.1) is 0 Å². The third kappa shape index (κ3) is 2.54. The minimum atomic E-state index is -0.202. The van der Waals surface area contributed by atoms with Gasteiger partial charge in [0.05, 0.1) is 0 Å². The smallest absolute Gasteiger partial charge is 0.302 e. The maximum Gasteiger partial charge on any atom is 0.302 e. The average Bonchev–Trinajstić information content (AvgIpc) is 1.60. The van der Waals surface area contributed by atoms with Crippen LogP contribution in [0.1, 0.15) is 19.8 Å². The van der Waals surface area contributed by atoms with Gasteiger partial charge in [-0.1, -0.05) is 0 Å². The van der Waals surface area contributed by atoms with E-state index in [1.165, 1.54) is 6.92 Å². The third-order valence-electron chi connectivity index (χ3n) is 1.46. The van der Waals surface area contributed by atoms with E-state index in [9.17, 15) is 4.79 Å². The molecule has 0 aromatic carbocycles. The van der Waals surface area contributed by atoms with Crippen molar-refractivity contribution in [1.29, 1.82) is 0 Å². The molecular formula is C6H12ClNO2. The predicted molar refractivity (Wildman–Crippen MR) is 40.0 cm³/mol. The Morgan fingerprint density at radius 3 is 2.40 bits per heavy atom. The highest BCUT2D eigenvalue weighted by Crippen LogP contribution is 2.20. The number of ether oxygens (including phenoxy) is 1. The maximum atomic E-state index is 10.3. The largest absolute Gasteiger partial charge is 0.462 e. The molecule has 0 amide bonds. The molecule has 2 N–H and O–H groups in total. The van der Waals surface area contributed by atoms with Crippen LogP contribution in [-0.4, -0.2) is 18.1 Å². The molecule has 1 rings (SSSR count). The van der Waals surface area contributed by atoms with Crippen LogP contribution in [0.15, 0.2) is 0 Å². The van der Waals surface area contributed by atoms with E-state index in [1.54, 1.807) is 0 Å². The summed E-state index contributed by atoms with van der Waals surface area (Å²) in [6.07, 6.45) is 1.77. The first-order valence-corrected chi connectivity index (χ1v) is 3.11. The lowest BCUT2D eigenvalue weighted by Crippen LogP contribution is -2.42. The van der Waals surface area contributed by atoms with Crippen molar-refractivity contribution < 1.29 is 9.53 Å². The van der Waals surface area contributed by atoms with E-state index in [0.29, 0.717) is 0 Å². The van der Waals surface area contributed by atoms with Gasteiger partial charge in [0.15, 0.2) is 0 Å². The fourth-order valence-electron chi connectivity index (χ4n) is 0.937. The van der Waals surface area contributed by atoms with Gasteiger partial charge in [0.1, 0.15) is 6.10 Å². The third-order valence-corrected chi connectivity index (χ3v) is 1.46. The number of esters is 1. The standard InChI is InChI=1S/C6H11NO2.ClH/c1-4(8)9-6-2-5(7)3-6;/h5-6H,2-3,7H2,1H3;1H. The summed E-state index contributed by atoms with van der Waals surface area (Å²) in [5.41, 5.74) is 5.45. The normalized spacial score (nSPS) is 29.8. The van der Waals surface area contributed by atoms with E-state index in [4.69, 9.17) is 10.5 Å². The van der Waals surface area contributed by atoms with Crippen LogP contribution >= 0.6 is 12.4 Å². The second-order valence-electron chi connectivity index (χ2n) is 2.46. The molecule has 0 aromatic rings. The summed E-state index contributed by atoms with van der Waals surface area (Å²) >= 11 is 0. The Morgan fingerprint density at radius 2 is 2.10 bits per heavy atom. The molecule has 60 valence electrons. The van der Waals surface area contributed by atoms with Gasteiger partial charge >= 0.3 is 5.97 Å². The lowest BCUT2D eigenvalue weighted by Gasteiger charge is -2.31. The minimum absolute atomic E-state index is 0. The van der Waals surface area contributed by atoms with Gasteiger partial charge in [0.2, 0.25) is 0 Å². The van der Waals surface area contributed by atoms with Crippen LogP contribution in [-0.2, 0) is 9.53 Å². The summed E-state index contributed by atoms with van der Waals surface area (Å²) in [5.74, 6) is -0.202. The molecule has 10 heavy (non-hydrogen) atoms. The van der Waals surface area contributed by atoms with Crippen molar-refractivity contribution in [3.05, 3.63) is 0 Å². The van der Waals surface area contributed by atoms with Crippen molar-refractivity contribution >= 4 is 18.4 Å². The van der Waals surface area contributed by atoms with Crippen LogP contribution in [0.3, 0.4) is 0 Å². The summed E-state index contributed by atoms with van der Waals surface area (Å²) < 4.78 is 4.84. The Morgan fingerprint density at radius 1 is 1.60 bits per heavy atom. The molecule has 0 unspecified atom stereocenters. The molecule has 0 radical (unpaired) electrons. The molecule has 0 atom stereocenters. The average molecular weight is 166 g/mol. The van der Waals surface area contributed by atoms with Gasteiger partial charge in [-0.2, -0.15) is 0 Å². The number of halogens is 1. The van der Waals surface area contributed by atoms with Crippen molar-refractivity contribution in [3.63, 3.8) is 0 Å². The Hall–Kier alpha value is -0.280. The van der Waals surface area contributed by atoms with Gasteiger partial charge in [-0.3, -0.25) is 4.79 Å². The Kier molecular flexibility index (Phi) is 3.68. The Labute approximate surface area is 66.3 Å². The molecule has 0 spiro atoms. The molecular weight excluding hydrogens is 154 g/mol. The molecule has 1 fully saturated rings. The van der Waals surface area contributed by atoms with Gasteiger partial charge in [0, 0.05) is 13.0 Å².